The summed E-state index contributed by atoms with van der Waals surface area (Å²) in [7, 11) is 0. The molecule has 2 rings (SSSR count). The van der Waals surface area contributed by atoms with Gasteiger partial charge in [0.2, 0.25) is 0 Å². The smallest absolute Gasteiger partial charge is 0.395 e. The Morgan fingerprint density at radius 3 is 2.35 bits per heavy atom. The Hall–Kier alpha value is -1.89. The molecule has 7 nitrogen and oxygen atoms in total. The highest BCUT2D eigenvalue weighted by atomic mass is 16.6. The minimum atomic E-state index is -0.677. The number of nitrogens with two attached hydrogens (primary N) is 1. The van der Waals surface area contributed by atoms with Crippen molar-refractivity contribution in [3.05, 3.63) is 28.0 Å². The topological polar surface area (TPSA) is 111 Å². The normalized spacial score (nSPS) is 26.6. The van der Waals surface area contributed by atoms with Crippen LogP contribution in [0.1, 0.15) is 38.2 Å². The molecule has 1 aliphatic carbocycles. The lowest BCUT2D eigenvalue weighted by Crippen LogP contribution is -2.76. The van der Waals surface area contributed by atoms with Crippen molar-refractivity contribution in [3.63, 3.8) is 0 Å². The van der Waals surface area contributed by atoms with E-state index in [0.29, 0.717) is 0 Å². The fraction of sp³-hybridized carbons (Fsp3) is 0.615. The first-order chi connectivity index (χ1) is 9.08. The van der Waals surface area contributed by atoms with Crippen LogP contribution in [0.15, 0.2) is 16.5 Å². The van der Waals surface area contributed by atoms with Crippen LogP contribution in [0.4, 0.5) is 5.88 Å². The Balaban J connectivity index is 2.14. The summed E-state index contributed by atoms with van der Waals surface area (Å²) < 4.78 is 4.90. The zero-order chi connectivity index (χ0) is 15.3. The van der Waals surface area contributed by atoms with E-state index in [-0.39, 0.29) is 28.7 Å². The summed E-state index contributed by atoms with van der Waals surface area (Å²) in [6.45, 7) is 7.94. The minimum Gasteiger partial charge on any atom is -0.395 e. The molecule has 0 aliphatic heterocycles. The molecule has 0 spiro atoms. The Kier molecular flexibility index (Phi) is 3.13. The van der Waals surface area contributed by atoms with Crippen LogP contribution in [-0.2, 0) is 0 Å². The summed E-state index contributed by atoms with van der Waals surface area (Å²) in [6.07, 6.45) is 0. The third-order valence-corrected chi connectivity index (χ3v) is 4.36. The Morgan fingerprint density at radius 1 is 1.35 bits per heavy atom. The van der Waals surface area contributed by atoms with Gasteiger partial charge in [0.1, 0.15) is 4.92 Å². The Labute approximate surface area is 116 Å². The van der Waals surface area contributed by atoms with Crippen molar-refractivity contribution in [2.24, 2.45) is 16.6 Å². The van der Waals surface area contributed by atoms with Gasteiger partial charge in [-0.1, -0.05) is 27.7 Å². The summed E-state index contributed by atoms with van der Waals surface area (Å²) in [5.41, 5.74) is 5.64. The summed E-state index contributed by atoms with van der Waals surface area (Å²) >= 11 is 0. The minimum absolute atomic E-state index is 0.0359. The van der Waals surface area contributed by atoms with E-state index in [1.807, 2.05) is 27.7 Å². The zero-order valence-electron chi connectivity index (χ0n) is 12.0. The maximum Gasteiger partial charge on any atom is 0.433 e. The van der Waals surface area contributed by atoms with Crippen molar-refractivity contribution in [1.29, 1.82) is 0 Å². The Bertz CT molecular complexity index is 546. The monoisotopic (exact) mass is 281 g/mol. The fourth-order valence-electron chi connectivity index (χ4n) is 3.30. The van der Waals surface area contributed by atoms with Crippen molar-refractivity contribution in [2.75, 3.05) is 0 Å². The van der Waals surface area contributed by atoms with E-state index in [0.717, 1.165) is 6.07 Å². The van der Waals surface area contributed by atoms with E-state index in [4.69, 9.17) is 10.2 Å². The third kappa shape index (κ3) is 1.98. The van der Waals surface area contributed by atoms with Crippen molar-refractivity contribution >= 4 is 11.8 Å². The molecule has 0 saturated heterocycles. The average Bonchev–Trinajstić information content (AvgIpc) is 2.84. The lowest BCUT2D eigenvalue weighted by molar-refractivity contribution is -0.402. The van der Waals surface area contributed by atoms with Crippen molar-refractivity contribution < 1.29 is 14.1 Å². The molecule has 1 fully saturated rings. The molecule has 0 bridgehead atoms. The Morgan fingerprint density at radius 2 is 1.90 bits per heavy atom. The van der Waals surface area contributed by atoms with Gasteiger partial charge in [0.15, 0.2) is 5.76 Å². The second kappa shape index (κ2) is 4.31. The highest BCUT2D eigenvalue weighted by Gasteiger charge is 2.60. The van der Waals surface area contributed by atoms with Crippen molar-refractivity contribution in [1.82, 2.24) is 5.32 Å². The standard InChI is InChI=1S/C13H19N3O4/c1-12(2)10(14)13(3,4)11(12)15-9(17)7-5-6-8(20-7)16(18)19/h5-6,10-11H,14H2,1-4H3,(H,15,17). The molecule has 1 amide bonds. The van der Waals surface area contributed by atoms with Crippen LogP contribution in [0.25, 0.3) is 0 Å². The number of carbonyl (C=O) groups is 1. The van der Waals surface area contributed by atoms with Crippen LogP contribution in [0, 0.1) is 20.9 Å². The first-order valence-electron chi connectivity index (χ1n) is 6.39. The number of amides is 1. The number of rotatable bonds is 3. The first-order valence-corrected chi connectivity index (χ1v) is 6.39. The highest BCUT2D eigenvalue weighted by molar-refractivity contribution is 5.92. The molecule has 0 atom stereocenters. The third-order valence-electron chi connectivity index (χ3n) is 4.36. The first kappa shape index (κ1) is 14.5. The molecule has 110 valence electrons. The summed E-state index contributed by atoms with van der Waals surface area (Å²) in [5, 5.41) is 13.4. The molecule has 0 radical (unpaired) electrons. The quantitative estimate of drug-likeness (QED) is 0.646. The van der Waals surface area contributed by atoms with Gasteiger partial charge in [-0.2, -0.15) is 0 Å². The van der Waals surface area contributed by atoms with Gasteiger partial charge in [0.05, 0.1) is 6.07 Å². The molecule has 3 N–H and O–H groups in total. The second-order valence-electron chi connectivity index (χ2n) is 6.42. The predicted octanol–water partition coefficient (Wildman–Crippen LogP) is 1.68. The van der Waals surface area contributed by atoms with Gasteiger partial charge in [-0.15, -0.1) is 0 Å². The van der Waals surface area contributed by atoms with Gasteiger partial charge in [0.25, 0.3) is 5.91 Å². The maximum absolute atomic E-state index is 12.1. The van der Waals surface area contributed by atoms with Gasteiger partial charge >= 0.3 is 5.88 Å². The van der Waals surface area contributed by atoms with Gasteiger partial charge in [-0.05, 0) is 6.07 Å². The second-order valence-corrected chi connectivity index (χ2v) is 6.42. The van der Waals surface area contributed by atoms with Gasteiger partial charge in [-0.3, -0.25) is 14.9 Å². The van der Waals surface area contributed by atoms with Crippen molar-refractivity contribution in [3.8, 4) is 0 Å². The number of nitrogens with zero attached hydrogens (tertiary/aromatic N) is 1. The fourth-order valence-corrected chi connectivity index (χ4v) is 3.30. The van der Waals surface area contributed by atoms with Crippen LogP contribution in [0.5, 0.6) is 0 Å². The highest BCUT2D eigenvalue weighted by Crippen LogP contribution is 2.52. The molecule has 1 aliphatic rings. The molecular formula is C13H19N3O4. The molecule has 7 heteroatoms. The molecule has 1 aromatic rings. The molecule has 20 heavy (non-hydrogen) atoms. The maximum atomic E-state index is 12.1. The molecule has 0 aromatic carbocycles. The van der Waals surface area contributed by atoms with Crippen LogP contribution >= 0.6 is 0 Å². The molecule has 0 unspecified atom stereocenters. The summed E-state index contributed by atoms with van der Waals surface area (Å²) in [5.74, 6) is -0.973. The number of nitrogens with one attached hydrogen (secondary N) is 1. The van der Waals surface area contributed by atoms with E-state index in [2.05, 4.69) is 5.32 Å². The molecule has 1 saturated carbocycles. The van der Waals surface area contributed by atoms with Crippen LogP contribution in [0.3, 0.4) is 0 Å². The number of furan rings is 1. The largest absolute Gasteiger partial charge is 0.433 e. The number of hydrogen-bond acceptors (Lipinski definition) is 5. The van der Waals surface area contributed by atoms with Crippen molar-refractivity contribution in [2.45, 2.75) is 39.8 Å². The lowest BCUT2D eigenvalue weighted by atomic mass is 9.48. The number of nitro groups is 1. The van der Waals surface area contributed by atoms with Crippen LogP contribution in [-0.4, -0.2) is 22.9 Å². The summed E-state index contributed by atoms with van der Waals surface area (Å²) in [4.78, 5) is 22.0. The van der Waals surface area contributed by atoms with Gasteiger partial charge in [0, 0.05) is 22.9 Å². The van der Waals surface area contributed by atoms with Gasteiger partial charge in [-0.25, -0.2) is 0 Å². The lowest BCUT2D eigenvalue weighted by Gasteiger charge is -2.62. The van der Waals surface area contributed by atoms with E-state index < -0.39 is 16.7 Å². The number of hydrogen-bond donors (Lipinski definition) is 2. The summed E-state index contributed by atoms with van der Waals surface area (Å²) in [6, 6.07) is 2.30. The SMILES string of the molecule is CC1(C)C(N)C(C)(C)C1NC(=O)c1ccc([N+](=O)[O-])o1. The van der Waals surface area contributed by atoms with Crippen LogP contribution < -0.4 is 11.1 Å². The molecule has 1 aromatic heterocycles. The van der Waals surface area contributed by atoms with E-state index in [9.17, 15) is 14.9 Å². The van der Waals surface area contributed by atoms with Gasteiger partial charge < -0.3 is 15.5 Å². The van der Waals surface area contributed by atoms with Crippen LogP contribution in [0.2, 0.25) is 0 Å². The molecular weight excluding hydrogens is 262 g/mol. The molecule has 1 heterocycles. The zero-order valence-corrected chi connectivity index (χ0v) is 12.0. The van der Waals surface area contributed by atoms with E-state index in [1.54, 1.807) is 0 Å². The van der Waals surface area contributed by atoms with E-state index >= 15 is 0 Å². The predicted molar refractivity (Wildman–Crippen MR) is 72.2 cm³/mol. The van der Waals surface area contributed by atoms with E-state index in [1.165, 1.54) is 6.07 Å². The average molecular weight is 281 g/mol. The number of carbonyl (C=O) groups excluding carboxylic acids is 1.